The number of aromatic nitrogens is 1. The second kappa shape index (κ2) is 11.4. The number of fused-ring (bicyclic) bond motifs is 1. The van der Waals surface area contributed by atoms with Gasteiger partial charge >= 0.3 is 5.97 Å². The van der Waals surface area contributed by atoms with Gasteiger partial charge in [-0.1, -0.05) is 23.2 Å². The fraction of sp³-hybridized carbons (Fsp3) is 0.370. The van der Waals surface area contributed by atoms with E-state index in [1.165, 1.54) is 12.1 Å². The average molecular weight is 533 g/mol. The molecular weight excluding hydrogens is 506 g/mol. The molecule has 6 nitrogen and oxygen atoms in total. The third-order valence-electron chi connectivity index (χ3n) is 6.22. The van der Waals surface area contributed by atoms with Crippen molar-refractivity contribution in [3.05, 3.63) is 58.5 Å². The fourth-order valence-electron chi connectivity index (χ4n) is 4.58. The van der Waals surface area contributed by atoms with Crippen molar-refractivity contribution in [2.75, 3.05) is 19.7 Å². The number of rotatable bonds is 7. The predicted molar refractivity (Wildman–Crippen MR) is 138 cm³/mol. The number of ether oxygens (including phenoxy) is 2. The fourth-order valence-corrected chi connectivity index (χ4v) is 5.05. The molecule has 0 saturated carbocycles. The number of benzene rings is 2. The van der Waals surface area contributed by atoms with Gasteiger partial charge in [0.1, 0.15) is 16.7 Å². The van der Waals surface area contributed by atoms with Gasteiger partial charge in [0.25, 0.3) is 5.91 Å². The molecule has 1 aromatic heterocycles. The zero-order valence-corrected chi connectivity index (χ0v) is 21.6. The Balaban J connectivity index is 1.50. The van der Waals surface area contributed by atoms with Gasteiger partial charge in [-0.2, -0.15) is 0 Å². The van der Waals surface area contributed by atoms with E-state index in [9.17, 15) is 14.0 Å². The minimum absolute atomic E-state index is 0.0812. The van der Waals surface area contributed by atoms with Crippen molar-refractivity contribution in [3.63, 3.8) is 0 Å². The number of amides is 1. The van der Waals surface area contributed by atoms with Crippen LogP contribution in [0.5, 0.6) is 5.75 Å². The van der Waals surface area contributed by atoms with E-state index in [2.05, 4.69) is 4.98 Å². The van der Waals surface area contributed by atoms with E-state index in [1.54, 1.807) is 43.0 Å². The van der Waals surface area contributed by atoms with Crippen LogP contribution in [-0.4, -0.2) is 47.6 Å². The summed E-state index contributed by atoms with van der Waals surface area (Å²) < 4.78 is 24.6. The van der Waals surface area contributed by atoms with Crippen molar-refractivity contribution < 1.29 is 23.5 Å². The molecule has 2 heterocycles. The van der Waals surface area contributed by atoms with Crippen LogP contribution in [0.25, 0.3) is 22.0 Å². The molecule has 0 aliphatic carbocycles. The molecule has 1 amide bonds. The summed E-state index contributed by atoms with van der Waals surface area (Å²) in [5.74, 6) is -0.248. The van der Waals surface area contributed by atoms with Gasteiger partial charge in [0.05, 0.1) is 23.6 Å². The van der Waals surface area contributed by atoms with Gasteiger partial charge < -0.3 is 14.4 Å². The third kappa shape index (κ3) is 6.08. The molecule has 4 rings (SSSR count). The summed E-state index contributed by atoms with van der Waals surface area (Å²) >= 11 is 12.6. The summed E-state index contributed by atoms with van der Waals surface area (Å²) in [7, 11) is 0. The zero-order valence-electron chi connectivity index (χ0n) is 20.1. The van der Waals surface area contributed by atoms with E-state index < -0.39 is 11.9 Å². The van der Waals surface area contributed by atoms with Crippen LogP contribution < -0.4 is 4.74 Å². The maximum atomic E-state index is 13.5. The number of carbonyl (C=O) groups excluding carboxylic acids is 2. The lowest BCUT2D eigenvalue weighted by Gasteiger charge is -2.34. The van der Waals surface area contributed by atoms with Crippen LogP contribution in [0, 0.1) is 11.7 Å². The number of piperidine rings is 1. The molecule has 0 radical (unpaired) electrons. The van der Waals surface area contributed by atoms with Crippen LogP contribution in [0.15, 0.2) is 42.5 Å². The standard InChI is InChI=1S/C27H27Cl2FN2O4/c1-3-35-26(33)11-17-5-4-10-32(15-17)27(34)16(2)36-19-7-9-21-22(14-25(29)31-24(21)13-19)20-8-6-18(30)12-23(20)28/h6-9,12-14,16-17H,3-5,10-11,15H2,1-2H3/t16?,17-/m1/s1. The van der Waals surface area contributed by atoms with Gasteiger partial charge in [0.2, 0.25) is 0 Å². The largest absolute Gasteiger partial charge is 0.481 e. The second-order valence-electron chi connectivity index (χ2n) is 8.86. The van der Waals surface area contributed by atoms with Gasteiger partial charge in [-0.15, -0.1) is 0 Å². The maximum Gasteiger partial charge on any atom is 0.306 e. The summed E-state index contributed by atoms with van der Waals surface area (Å²) in [5.41, 5.74) is 1.90. The predicted octanol–water partition coefficient (Wildman–Crippen LogP) is 6.31. The van der Waals surface area contributed by atoms with Gasteiger partial charge in [-0.05, 0) is 74.6 Å². The quantitative estimate of drug-likeness (QED) is 0.263. The summed E-state index contributed by atoms with van der Waals surface area (Å²) in [6.07, 6.45) is 1.30. The van der Waals surface area contributed by atoms with Crippen molar-refractivity contribution >= 4 is 46.0 Å². The Kier molecular flexibility index (Phi) is 8.32. The number of nitrogens with zero attached hydrogens (tertiary/aromatic N) is 2. The SMILES string of the molecule is CCOC(=O)C[C@H]1CCCN(C(=O)C(C)Oc2ccc3c(-c4ccc(F)cc4Cl)cc(Cl)nc3c2)C1. The van der Waals surface area contributed by atoms with E-state index in [0.717, 1.165) is 18.2 Å². The molecule has 0 bridgehead atoms. The van der Waals surface area contributed by atoms with Crippen LogP contribution in [0.2, 0.25) is 10.2 Å². The van der Waals surface area contributed by atoms with Crippen molar-refractivity contribution in [2.45, 2.75) is 39.2 Å². The topological polar surface area (TPSA) is 68.7 Å². The normalized spacial score (nSPS) is 16.6. The van der Waals surface area contributed by atoms with Gasteiger partial charge in [-0.3, -0.25) is 9.59 Å². The number of hydrogen-bond donors (Lipinski definition) is 0. The Morgan fingerprint density at radius 1 is 1.17 bits per heavy atom. The number of hydrogen-bond acceptors (Lipinski definition) is 5. The molecule has 3 aromatic rings. The van der Waals surface area contributed by atoms with E-state index in [4.69, 9.17) is 32.7 Å². The first kappa shape index (κ1) is 26.2. The van der Waals surface area contributed by atoms with E-state index in [-0.39, 0.29) is 28.0 Å². The van der Waals surface area contributed by atoms with Gasteiger partial charge in [-0.25, -0.2) is 9.37 Å². The molecule has 0 spiro atoms. The first-order chi connectivity index (χ1) is 17.2. The smallest absolute Gasteiger partial charge is 0.306 e. The Hall–Kier alpha value is -2.90. The van der Waals surface area contributed by atoms with E-state index in [1.807, 2.05) is 6.07 Å². The lowest BCUT2D eigenvalue weighted by molar-refractivity contribution is -0.147. The van der Waals surface area contributed by atoms with Crippen LogP contribution in [0.4, 0.5) is 4.39 Å². The molecule has 9 heteroatoms. The third-order valence-corrected chi connectivity index (χ3v) is 6.73. The Bertz CT molecular complexity index is 1290. The highest BCUT2D eigenvalue weighted by Gasteiger charge is 2.29. The molecule has 36 heavy (non-hydrogen) atoms. The van der Waals surface area contributed by atoms with Crippen LogP contribution >= 0.6 is 23.2 Å². The summed E-state index contributed by atoms with van der Waals surface area (Å²) in [4.78, 5) is 31.1. The number of halogens is 3. The van der Waals surface area contributed by atoms with Crippen LogP contribution in [0.3, 0.4) is 0 Å². The number of carbonyl (C=O) groups is 2. The number of pyridine rings is 1. The van der Waals surface area contributed by atoms with Crippen molar-refractivity contribution in [1.82, 2.24) is 9.88 Å². The first-order valence-corrected chi connectivity index (χ1v) is 12.7. The summed E-state index contributed by atoms with van der Waals surface area (Å²) in [6.45, 7) is 4.97. The maximum absolute atomic E-state index is 13.5. The molecule has 2 atom stereocenters. The highest BCUT2D eigenvalue weighted by atomic mass is 35.5. The molecule has 1 fully saturated rings. The molecule has 1 unspecified atom stereocenters. The molecule has 2 aromatic carbocycles. The van der Waals surface area contributed by atoms with Crippen molar-refractivity contribution in [2.24, 2.45) is 5.92 Å². The molecule has 190 valence electrons. The lowest BCUT2D eigenvalue weighted by Crippen LogP contribution is -2.46. The van der Waals surface area contributed by atoms with Crippen molar-refractivity contribution in [1.29, 1.82) is 0 Å². The lowest BCUT2D eigenvalue weighted by atomic mass is 9.94. The minimum Gasteiger partial charge on any atom is -0.481 e. The first-order valence-electron chi connectivity index (χ1n) is 11.9. The number of esters is 1. The Labute approximate surface area is 219 Å². The summed E-state index contributed by atoms with van der Waals surface area (Å²) in [5, 5.41) is 1.28. The van der Waals surface area contributed by atoms with Crippen molar-refractivity contribution in [3.8, 4) is 16.9 Å². The molecule has 0 N–H and O–H groups in total. The Morgan fingerprint density at radius 2 is 1.97 bits per heavy atom. The van der Waals surface area contributed by atoms with Crippen LogP contribution in [0.1, 0.15) is 33.1 Å². The molecule has 1 aliphatic heterocycles. The van der Waals surface area contributed by atoms with Gasteiger partial charge in [0, 0.05) is 30.1 Å². The average Bonchev–Trinajstić information content (AvgIpc) is 2.83. The minimum atomic E-state index is -0.728. The molecule has 1 saturated heterocycles. The van der Waals surface area contributed by atoms with Gasteiger partial charge in [0.15, 0.2) is 6.10 Å². The Morgan fingerprint density at radius 3 is 2.72 bits per heavy atom. The van der Waals surface area contributed by atoms with E-state index in [0.29, 0.717) is 48.5 Å². The molecular formula is C27H27Cl2FN2O4. The van der Waals surface area contributed by atoms with E-state index >= 15 is 0 Å². The number of likely N-dealkylation sites (tertiary alicyclic amines) is 1. The molecule has 1 aliphatic rings. The second-order valence-corrected chi connectivity index (χ2v) is 9.65. The highest BCUT2D eigenvalue weighted by Crippen LogP contribution is 2.36. The van der Waals surface area contributed by atoms with Crippen LogP contribution in [-0.2, 0) is 14.3 Å². The summed E-state index contributed by atoms with van der Waals surface area (Å²) in [6, 6.07) is 11.1. The highest BCUT2D eigenvalue weighted by molar-refractivity contribution is 6.34. The monoisotopic (exact) mass is 532 g/mol. The zero-order chi connectivity index (χ0) is 25.8.